The molecule has 4 unspecified atom stereocenters. The number of hydrogen-bond donors (Lipinski definition) is 1. The fourth-order valence-corrected chi connectivity index (χ4v) is 3.84. The molecule has 1 heterocycles. The highest BCUT2D eigenvalue weighted by molar-refractivity contribution is 5.87. The molecule has 1 aromatic rings. The summed E-state index contributed by atoms with van der Waals surface area (Å²) in [5.41, 5.74) is 2.35. The van der Waals surface area contributed by atoms with Crippen LogP contribution in [0.25, 0.3) is 0 Å². The maximum atomic E-state index is 12.3. The van der Waals surface area contributed by atoms with Gasteiger partial charge in [-0.3, -0.25) is 4.79 Å². The van der Waals surface area contributed by atoms with Gasteiger partial charge < -0.3 is 14.8 Å². The van der Waals surface area contributed by atoms with E-state index in [9.17, 15) is 4.79 Å². The number of rotatable bonds is 3. The molecule has 0 spiro atoms. The van der Waals surface area contributed by atoms with Crippen LogP contribution in [0.3, 0.4) is 0 Å². The van der Waals surface area contributed by atoms with Gasteiger partial charge in [0.25, 0.3) is 0 Å². The standard InChI is InChI=1S/C17H23NO3/c1-9-5-8-13(20-4)17-14(9)15-11(10(2)18-3)6-7-12(19)16(15)21-17/h5,8,10-11,15-16,18H,6-7H2,1-4H3. The van der Waals surface area contributed by atoms with Crippen molar-refractivity contribution >= 4 is 5.78 Å². The normalized spacial score (nSPS) is 28.6. The van der Waals surface area contributed by atoms with Crippen molar-refractivity contribution in [1.82, 2.24) is 5.32 Å². The number of carbonyl (C=O) groups is 1. The summed E-state index contributed by atoms with van der Waals surface area (Å²) in [7, 11) is 3.62. The van der Waals surface area contributed by atoms with Crippen molar-refractivity contribution in [3.8, 4) is 11.5 Å². The van der Waals surface area contributed by atoms with E-state index in [0.717, 1.165) is 17.9 Å². The molecule has 4 heteroatoms. The number of aryl methyl sites for hydroxylation is 1. The van der Waals surface area contributed by atoms with Crippen molar-refractivity contribution in [2.45, 2.75) is 44.8 Å². The molecular weight excluding hydrogens is 266 g/mol. The van der Waals surface area contributed by atoms with Gasteiger partial charge in [-0.2, -0.15) is 0 Å². The molecule has 1 aliphatic heterocycles. The minimum atomic E-state index is -0.343. The molecule has 1 aromatic carbocycles. The molecule has 0 radical (unpaired) electrons. The van der Waals surface area contributed by atoms with E-state index in [1.807, 2.05) is 13.1 Å². The van der Waals surface area contributed by atoms with E-state index < -0.39 is 0 Å². The van der Waals surface area contributed by atoms with Crippen LogP contribution in [0.15, 0.2) is 12.1 Å². The molecule has 1 saturated carbocycles. The number of ether oxygens (including phenoxy) is 2. The zero-order valence-electron chi connectivity index (χ0n) is 13.1. The van der Waals surface area contributed by atoms with Gasteiger partial charge in [-0.25, -0.2) is 0 Å². The lowest BCUT2D eigenvalue weighted by Gasteiger charge is -2.36. The number of carbonyl (C=O) groups excluding carboxylic acids is 1. The maximum Gasteiger partial charge on any atom is 0.173 e. The number of methoxy groups -OCH3 is 1. The monoisotopic (exact) mass is 289 g/mol. The van der Waals surface area contributed by atoms with Crippen molar-refractivity contribution in [3.05, 3.63) is 23.3 Å². The van der Waals surface area contributed by atoms with Crippen LogP contribution in [0.1, 0.15) is 36.8 Å². The Hall–Kier alpha value is -1.55. The summed E-state index contributed by atoms with van der Waals surface area (Å²) in [4.78, 5) is 12.3. The number of hydrogen-bond acceptors (Lipinski definition) is 4. The van der Waals surface area contributed by atoms with E-state index >= 15 is 0 Å². The van der Waals surface area contributed by atoms with E-state index in [-0.39, 0.29) is 17.8 Å². The zero-order valence-corrected chi connectivity index (χ0v) is 13.1. The summed E-state index contributed by atoms with van der Waals surface area (Å²) in [5, 5.41) is 3.34. The van der Waals surface area contributed by atoms with Crippen LogP contribution in [0.4, 0.5) is 0 Å². The first kappa shape index (κ1) is 14.4. The number of benzene rings is 1. The predicted molar refractivity (Wildman–Crippen MR) is 81.1 cm³/mol. The first-order valence-corrected chi connectivity index (χ1v) is 7.62. The van der Waals surface area contributed by atoms with Crippen LogP contribution >= 0.6 is 0 Å². The van der Waals surface area contributed by atoms with Crippen molar-refractivity contribution in [2.24, 2.45) is 5.92 Å². The van der Waals surface area contributed by atoms with E-state index in [0.29, 0.717) is 18.4 Å². The highest BCUT2D eigenvalue weighted by Crippen LogP contribution is 2.52. The molecule has 1 aliphatic carbocycles. The summed E-state index contributed by atoms with van der Waals surface area (Å²) < 4.78 is 11.5. The second kappa shape index (κ2) is 5.34. The average Bonchev–Trinajstić information content (AvgIpc) is 2.89. The Labute approximate surface area is 125 Å². The Balaban J connectivity index is 2.10. The van der Waals surface area contributed by atoms with Crippen molar-refractivity contribution in [3.63, 3.8) is 0 Å². The highest BCUT2D eigenvalue weighted by atomic mass is 16.5. The third-order valence-electron chi connectivity index (χ3n) is 5.10. The third-order valence-corrected chi connectivity index (χ3v) is 5.10. The predicted octanol–water partition coefficient (Wildman–Crippen LogP) is 2.44. The van der Waals surface area contributed by atoms with Gasteiger partial charge in [0, 0.05) is 23.9 Å². The zero-order chi connectivity index (χ0) is 15.1. The quantitative estimate of drug-likeness (QED) is 0.928. The lowest BCUT2D eigenvalue weighted by molar-refractivity contribution is -0.129. The second-order valence-corrected chi connectivity index (χ2v) is 6.14. The van der Waals surface area contributed by atoms with Crippen molar-refractivity contribution in [1.29, 1.82) is 0 Å². The molecule has 114 valence electrons. The number of ketones is 1. The molecule has 0 bridgehead atoms. The van der Waals surface area contributed by atoms with Crippen LogP contribution in [0.2, 0.25) is 0 Å². The van der Waals surface area contributed by atoms with Crippen LogP contribution in [-0.2, 0) is 4.79 Å². The van der Waals surface area contributed by atoms with Crippen molar-refractivity contribution in [2.75, 3.05) is 14.2 Å². The average molecular weight is 289 g/mol. The summed E-state index contributed by atoms with van der Waals surface area (Å²) in [6.07, 6.45) is 1.18. The molecule has 3 rings (SSSR count). The van der Waals surface area contributed by atoms with Gasteiger partial charge in [0.05, 0.1) is 7.11 Å². The fourth-order valence-electron chi connectivity index (χ4n) is 3.84. The first-order chi connectivity index (χ1) is 10.1. The van der Waals surface area contributed by atoms with E-state index in [1.165, 1.54) is 11.1 Å². The topological polar surface area (TPSA) is 47.6 Å². The number of nitrogens with one attached hydrogen (secondary N) is 1. The molecule has 0 aromatic heterocycles. The molecular formula is C17H23NO3. The minimum absolute atomic E-state index is 0.138. The van der Waals surface area contributed by atoms with Gasteiger partial charge in [0.15, 0.2) is 23.4 Å². The Morgan fingerprint density at radius 2 is 2.19 bits per heavy atom. The Morgan fingerprint density at radius 1 is 1.43 bits per heavy atom. The lowest BCUT2D eigenvalue weighted by Crippen LogP contribution is -2.45. The van der Waals surface area contributed by atoms with Gasteiger partial charge in [-0.05, 0) is 44.9 Å². The molecule has 2 aliphatic rings. The van der Waals surface area contributed by atoms with Gasteiger partial charge in [-0.15, -0.1) is 0 Å². The van der Waals surface area contributed by atoms with Gasteiger partial charge >= 0.3 is 0 Å². The lowest BCUT2D eigenvalue weighted by atomic mass is 9.70. The van der Waals surface area contributed by atoms with Crippen LogP contribution in [-0.4, -0.2) is 32.1 Å². The molecule has 4 atom stereocenters. The molecule has 1 N–H and O–H groups in total. The highest BCUT2D eigenvalue weighted by Gasteiger charge is 2.49. The largest absolute Gasteiger partial charge is 0.493 e. The molecule has 0 amide bonds. The van der Waals surface area contributed by atoms with Gasteiger partial charge in [-0.1, -0.05) is 6.07 Å². The summed E-state index contributed by atoms with van der Waals surface area (Å²) >= 11 is 0. The van der Waals surface area contributed by atoms with Crippen LogP contribution in [0.5, 0.6) is 11.5 Å². The first-order valence-electron chi connectivity index (χ1n) is 7.62. The molecule has 1 fully saturated rings. The Bertz CT molecular complexity index is 569. The number of fused-ring (bicyclic) bond motifs is 3. The smallest absolute Gasteiger partial charge is 0.173 e. The molecule has 0 saturated heterocycles. The molecule has 21 heavy (non-hydrogen) atoms. The van der Waals surface area contributed by atoms with Crippen molar-refractivity contribution < 1.29 is 14.3 Å². The maximum absolute atomic E-state index is 12.3. The minimum Gasteiger partial charge on any atom is -0.493 e. The Kier molecular flexibility index (Phi) is 3.66. The van der Waals surface area contributed by atoms with Gasteiger partial charge in [0.2, 0.25) is 0 Å². The third kappa shape index (κ3) is 2.13. The summed E-state index contributed by atoms with van der Waals surface area (Å²) in [6, 6.07) is 4.33. The van der Waals surface area contributed by atoms with E-state index in [4.69, 9.17) is 9.47 Å². The van der Waals surface area contributed by atoms with Crippen LogP contribution < -0.4 is 14.8 Å². The fraction of sp³-hybridized carbons (Fsp3) is 0.588. The number of Topliss-reactive ketones (excluding diaryl/α,β-unsaturated/α-hetero) is 1. The second-order valence-electron chi connectivity index (χ2n) is 6.14. The van der Waals surface area contributed by atoms with E-state index in [1.54, 1.807) is 7.11 Å². The van der Waals surface area contributed by atoms with Gasteiger partial charge in [0.1, 0.15) is 0 Å². The Morgan fingerprint density at radius 3 is 2.86 bits per heavy atom. The molecule has 4 nitrogen and oxygen atoms in total. The summed E-state index contributed by atoms with van der Waals surface area (Å²) in [6.45, 7) is 4.27. The van der Waals surface area contributed by atoms with Crippen LogP contribution in [0, 0.1) is 12.8 Å². The SMILES string of the molecule is CNC(C)C1CCC(=O)C2Oc3c(OC)ccc(C)c3C21. The summed E-state index contributed by atoms with van der Waals surface area (Å²) in [5.74, 6) is 2.27. The van der Waals surface area contributed by atoms with E-state index in [2.05, 4.69) is 25.2 Å².